The van der Waals surface area contributed by atoms with Crippen LogP contribution in [0.5, 0.6) is 0 Å². The zero-order chi connectivity index (χ0) is 27.1. The second-order valence-electron chi connectivity index (χ2n) is 10.0. The smallest absolute Gasteiger partial charge is 0.262 e. The minimum absolute atomic E-state index is 0.199. The van der Waals surface area contributed by atoms with Crippen LogP contribution in [0.15, 0.2) is 72.8 Å². The molecule has 8 nitrogen and oxygen atoms in total. The lowest BCUT2D eigenvalue weighted by Gasteiger charge is -2.30. The third-order valence-electron chi connectivity index (χ3n) is 7.50. The van der Waals surface area contributed by atoms with Crippen molar-refractivity contribution in [2.45, 2.75) is 6.42 Å². The Hall–Kier alpha value is -4.40. The maximum absolute atomic E-state index is 13.1. The molecular weight excluding hydrogens is 492 g/mol. The van der Waals surface area contributed by atoms with Gasteiger partial charge in [-0.1, -0.05) is 48.5 Å². The normalized spacial score (nSPS) is 14.8. The van der Waals surface area contributed by atoms with Gasteiger partial charge in [0.05, 0.1) is 6.67 Å². The van der Waals surface area contributed by atoms with Crippen molar-refractivity contribution < 1.29 is 19.2 Å². The van der Waals surface area contributed by atoms with Crippen LogP contribution < -0.4 is 5.32 Å². The van der Waals surface area contributed by atoms with E-state index < -0.39 is 0 Å². The van der Waals surface area contributed by atoms with E-state index in [2.05, 4.69) is 5.32 Å². The number of amides is 4. The Bertz CT molecular complexity index is 1560. The molecule has 0 bridgehead atoms. The minimum atomic E-state index is -0.276. The van der Waals surface area contributed by atoms with Gasteiger partial charge in [-0.05, 0) is 55.1 Å². The monoisotopic (exact) mass is 520 g/mol. The van der Waals surface area contributed by atoms with Crippen molar-refractivity contribution in [3.63, 3.8) is 0 Å². The van der Waals surface area contributed by atoms with E-state index in [1.807, 2.05) is 60.5 Å². The van der Waals surface area contributed by atoms with E-state index in [0.717, 1.165) is 28.0 Å². The summed E-state index contributed by atoms with van der Waals surface area (Å²) in [6.07, 6.45) is 0.767. The summed E-state index contributed by atoms with van der Waals surface area (Å²) < 4.78 is 0. The van der Waals surface area contributed by atoms with Gasteiger partial charge < -0.3 is 5.32 Å². The van der Waals surface area contributed by atoms with Crippen molar-refractivity contribution in [1.82, 2.24) is 20.0 Å². The van der Waals surface area contributed by atoms with Crippen LogP contribution in [-0.4, -0.2) is 78.2 Å². The van der Waals surface area contributed by atoms with Crippen LogP contribution in [-0.2, 0) is 0 Å². The molecule has 2 heterocycles. The molecular formula is C31H28N4O4. The summed E-state index contributed by atoms with van der Waals surface area (Å²) in [4.78, 5) is 56.8. The molecule has 39 heavy (non-hydrogen) atoms. The first-order valence-electron chi connectivity index (χ1n) is 13.1. The van der Waals surface area contributed by atoms with Gasteiger partial charge in [0.2, 0.25) is 0 Å². The highest BCUT2D eigenvalue weighted by molar-refractivity contribution is 6.26. The Balaban J connectivity index is 0.997. The van der Waals surface area contributed by atoms with Crippen molar-refractivity contribution in [1.29, 1.82) is 0 Å². The highest BCUT2D eigenvalue weighted by Crippen LogP contribution is 2.31. The topological polar surface area (TPSA) is 90.0 Å². The molecule has 0 atom stereocenters. The number of benzene rings is 4. The third-order valence-corrected chi connectivity index (χ3v) is 7.50. The molecule has 0 saturated heterocycles. The van der Waals surface area contributed by atoms with Gasteiger partial charge in [0.15, 0.2) is 0 Å². The molecule has 0 aromatic heterocycles. The van der Waals surface area contributed by atoms with E-state index in [9.17, 15) is 19.2 Å². The molecule has 4 aromatic carbocycles. The summed E-state index contributed by atoms with van der Waals surface area (Å²) >= 11 is 0. The Kier molecular flexibility index (Phi) is 6.42. The fourth-order valence-corrected chi connectivity index (χ4v) is 5.59. The van der Waals surface area contributed by atoms with E-state index in [1.165, 1.54) is 9.80 Å². The molecule has 0 aliphatic carbocycles. The molecule has 0 saturated carbocycles. The fraction of sp³-hybridized carbons (Fsp3) is 0.226. The van der Waals surface area contributed by atoms with E-state index in [1.54, 1.807) is 24.3 Å². The summed E-state index contributed by atoms with van der Waals surface area (Å²) in [5.41, 5.74) is 2.23. The second kappa shape index (κ2) is 10.1. The molecule has 6 rings (SSSR count). The molecule has 196 valence electrons. The summed E-state index contributed by atoms with van der Waals surface area (Å²) in [5, 5.41) is 6.54. The van der Waals surface area contributed by atoms with Crippen molar-refractivity contribution in [2.24, 2.45) is 0 Å². The van der Waals surface area contributed by atoms with Gasteiger partial charge in [0.25, 0.3) is 23.6 Å². The molecule has 0 spiro atoms. The number of hydrogen-bond acceptors (Lipinski definition) is 6. The summed E-state index contributed by atoms with van der Waals surface area (Å²) in [6, 6.07) is 22.1. The Morgan fingerprint density at radius 1 is 0.615 bits per heavy atom. The number of hydrogen-bond donors (Lipinski definition) is 1. The number of nitrogens with zero attached hydrogens (tertiary/aromatic N) is 3. The minimum Gasteiger partial charge on any atom is -0.315 e. The molecule has 0 fully saturated rings. The lowest BCUT2D eigenvalue weighted by Crippen LogP contribution is -2.46. The van der Waals surface area contributed by atoms with Gasteiger partial charge in [-0.2, -0.15) is 0 Å². The van der Waals surface area contributed by atoms with E-state index in [-0.39, 0.29) is 36.8 Å². The predicted octanol–water partition coefficient (Wildman–Crippen LogP) is 3.75. The van der Waals surface area contributed by atoms with Crippen LogP contribution in [0.25, 0.3) is 21.5 Å². The lowest BCUT2D eigenvalue weighted by atomic mass is 9.94. The van der Waals surface area contributed by atoms with Gasteiger partial charge in [-0.15, -0.1) is 0 Å². The van der Waals surface area contributed by atoms with Gasteiger partial charge in [0.1, 0.15) is 0 Å². The van der Waals surface area contributed by atoms with Crippen molar-refractivity contribution >= 4 is 45.2 Å². The first-order valence-corrected chi connectivity index (χ1v) is 13.1. The fourth-order valence-electron chi connectivity index (χ4n) is 5.59. The SMILES string of the molecule is CN(CCCNCCN1C(=O)c2cccc3cccc(c23)C1=O)CN1C(=O)c2cccc3cccc(c23)C1=O. The van der Waals surface area contributed by atoms with Crippen LogP contribution in [0.2, 0.25) is 0 Å². The Morgan fingerprint density at radius 2 is 1.05 bits per heavy atom. The maximum atomic E-state index is 13.1. The predicted molar refractivity (Wildman–Crippen MR) is 149 cm³/mol. The van der Waals surface area contributed by atoms with Gasteiger partial charge in [-0.3, -0.25) is 33.9 Å². The van der Waals surface area contributed by atoms with Gasteiger partial charge >= 0.3 is 0 Å². The van der Waals surface area contributed by atoms with E-state index in [4.69, 9.17) is 0 Å². The quantitative estimate of drug-likeness (QED) is 0.267. The van der Waals surface area contributed by atoms with Crippen LogP contribution in [0.1, 0.15) is 47.9 Å². The number of rotatable bonds is 9. The maximum Gasteiger partial charge on any atom is 0.262 e. The lowest BCUT2D eigenvalue weighted by molar-refractivity contribution is 0.0516. The number of carbonyl (C=O) groups excluding carboxylic acids is 4. The van der Waals surface area contributed by atoms with E-state index in [0.29, 0.717) is 41.9 Å². The highest BCUT2D eigenvalue weighted by atomic mass is 16.2. The number of carbonyl (C=O) groups is 4. The Labute approximate surface area is 225 Å². The molecule has 8 heteroatoms. The molecule has 4 amide bonds. The first-order chi connectivity index (χ1) is 19.0. The van der Waals surface area contributed by atoms with E-state index >= 15 is 0 Å². The van der Waals surface area contributed by atoms with Gasteiger partial charge in [-0.25, -0.2) is 0 Å². The number of nitrogens with one attached hydrogen (secondary N) is 1. The summed E-state index contributed by atoms with van der Waals surface area (Å²) in [6.45, 7) is 2.27. The van der Waals surface area contributed by atoms with Crippen LogP contribution in [0.3, 0.4) is 0 Å². The molecule has 2 aliphatic rings. The zero-order valence-electron chi connectivity index (χ0n) is 21.6. The first kappa shape index (κ1) is 24.9. The average molecular weight is 521 g/mol. The van der Waals surface area contributed by atoms with Gasteiger partial charge in [0, 0.05) is 52.7 Å². The third kappa shape index (κ3) is 4.27. The van der Waals surface area contributed by atoms with Crippen LogP contribution in [0.4, 0.5) is 0 Å². The molecule has 0 radical (unpaired) electrons. The van der Waals surface area contributed by atoms with Crippen molar-refractivity contribution in [3.05, 3.63) is 95.1 Å². The molecule has 1 N–H and O–H groups in total. The second-order valence-corrected chi connectivity index (χ2v) is 10.0. The molecule has 0 unspecified atom stereocenters. The van der Waals surface area contributed by atoms with Crippen LogP contribution >= 0.6 is 0 Å². The van der Waals surface area contributed by atoms with Crippen molar-refractivity contribution in [3.8, 4) is 0 Å². The highest BCUT2D eigenvalue weighted by Gasteiger charge is 2.34. The molecule has 2 aliphatic heterocycles. The number of imide groups is 2. The zero-order valence-corrected chi connectivity index (χ0v) is 21.6. The van der Waals surface area contributed by atoms with Crippen LogP contribution in [0, 0.1) is 0 Å². The standard InChI is InChI=1S/C31H28N4O4/c1-33(19-35-30(38)24-13-4-9-21-10-5-14-25(27(21)24)31(35)39)17-6-15-32-16-18-34-28(36)22-11-2-7-20-8-3-12-23(26(20)22)29(34)37/h2-5,7-14,32H,6,15-19H2,1H3. The van der Waals surface area contributed by atoms with Crippen molar-refractivity contribution in [2.75, 3.05) is 39.9 Å². The Morgan fingerprint density at radius 3 is 1.51 bits per heavy atom. The summed E-state index contributed by atoms with van der Waals surface area (Å²) in [5.74, 6) is -1.08. The average Bonchev–Trinajstić information content (AvgIpc) is 2.95. The molecule has 4 aromatic rings. The largest absolute Gasteiger partial charge is 0.315 e. The summed E-state index contributed by atoms with van der Waals surface area (Å²) in [7, 11) is 1.88.